The van der Waals surface area contributed by atoms with Gasteiger partial charge in [0.2, 0.25) is 11.7 Å². The number of aromatic nitrogens is 6. The van der Waals surface area contributed by atoms with Crippen LogP contribution in [0.3, 0.4) is 0 Å². The number of hydrogen-bond donors (Lipinski definition) is 3. The largest absolute Gasteiger partial charge is 0.493 e. The first kappa shape index (κ1) is 17.5. The third-order valence-corrected chi connectivity index (χ3v) is 4.31. The average molecular weight is 382 g/mol. The Hall–Kier alpha value is -3.89. The van der Waals surface area contributed by atoms with E-state index < -0.39 is 0 Å². The zero-order valence-electron chi connectivity index (χ0n) is 15.3. The van der Waals surface area contributed by atoms with Gasteiger partial charge in [-0.3, -0.25) is 0 Å². The summed E-state index contributed by atoms with van der Waals surface area (Å²) < 4.78 is 17.0. The number of methoxy groups -OCH3 is 2. The van der Waals surface area contributed by atoms with E-state index in [1.54, 1.807) is 20.4 Å². The van der Waals surface area contributed by atoms with E-state index in [1.807, 2.05) is 12.1 Å². The predicted molar refractivity (Wildman–Crippen MR) is 100.0 cm³/mol. The minimum Gasteiger partial charge on any atom is -0.493 e. The quantitative estimate of drug-likeness (QED) is 0.440. The highest BCUT2D eigenvalue weighted by atomic mass is 16.5. The number of anilines is 2. The summed E-state index contributed by atoms with van der Waals surface area (Å²) in [4.78, 5) is 8.05. The molecule has 4 rings (SSSR count). The van der Waals surface area contributed by atoms with E-state index in [4.69, 9.17) is 25.4 Å². The van der Waals surface area contributed by atoms with Crippen LogP contribution in [0, 0.1) is 0 Å². The molecule has 11 heteroatoms. The van der Waals surface area contributed by atoms with Crippen LogP contribution in [-0.2, 0) is 12.8 Å². The van der Waals surface area contributed by atoms with Gasteiger partial charge >= 0.3 is 0 Å². The predicted octanol–water partition coefficient (Wildman–Crippen LogP) is 1.10. The second-order valence-electron chi connectivity index (χ2n) is 6.05. The SMILES string of the molecule is COc1cc(Cc2cnc(N)nc2N)c2cc(Cc3nn[nH]n3)oc2c1OC. The van der Waals surface area contributed by atoms with Crippen molar-refractivity contribution >= 4 is 22.7 Å². The molecule has 0 fully saturated rings. The first-order valence-electron chi connectivity index (χ1n) is 8.34. The van der Waals surface area contributed by atoms with E-state index in [0.717, 1.165) is 16.5 Å². The number of hydrogen-bond acceptors (Lipinski definition) is 10. The lowest BCUT2D eigenvalue weighted by atomic mass is 10.0. The Labute approximate surface area is 159 Å². The number of ether oxygens (including phenoxy) is 2. The lowest BCUT2D eigenvalue weighted by molar-refractivity contribution is 0.352. The molecule has 11 nitrogen and oxygen atoms in total. The summed E-state index contributed by atoms with van der Waals surface area (Å²) in [5.74, 6) is 2.67. The lowest BCUT2D eigenvalue weighted by Gasteiger charge is -2.12. The molecule has 0 amide bonds. The highest BCUT2D eigenvalue weighted by Gasteiger charge is 2.20. The van der Waals surface area contributed by atoms with Gasteiger partial charge in [0.1, 0.15) is 11.6 Å². The number of aromatic amines is 1. The van der Waals surface area contributed by atoms with Gasteiger partial charge in [-0.2, -0.15) is 10.2 Å². The highest BCUT2D eigenvalue weighted by molar-refractivity contribution is 5.90. The molecule has 0 aliphatic heterocycles. The number of nitrogens with two attached hydrogens (primary N) is 2. The van der Waals surface area contributed by atoms with Gasteiger partial charge < -0.3 is 25.4 Å². The third-order valence-electron chi connectivity index (χ3n) is 4.31. The molecule has 0 spiro atoms. The number of nitrogen functional groups attached to an aromatic ring is 2. The molecule has 0 radical (unpaired) electrons. The Morgan fingerprint density at radius 3 is 2.64 bits per heavy atom. The van der Waals surface area contributed by atoms with Crippen LogP contribution in [0.4, 0.5) is 11.8 Å². The topological polar surface area (TPSA) is 164 Å². The van der Waals surface area contributed by atoms with Crippen molar-refractivity contribution < 1.29 is 13.9 Å². The lowest BCUT2D eigenvalue weighted by Crippen LogP contribution is -2.04. The van der Waals surface area contributed by atoms with Gasteiger partial charge in [-0.25, -0.2) is 4.98 Å². The third kappa shape index (κ3) is 3.13. The second-order valence-corrected chi connectivity index (χ2v) is 6.05. The molecule has 5 N–H and O–H groups in total. The van der Waals surface area contributed by atoms with Crippen molar-refractivity contribution in [1.29, 1.82) is 0 Å². The molecule has 3 aromatic heterocycles. The number of tetrazole rings is 1. The van der Waals surface area contributed by atoms with Crippen LogP contribution >= 0.6 is 0 Å². The van der Waals surface area contributed by atoms with Crippen molar-refractivity contribution in [3.05, 3.63) is 41.0 Å². The van der Waals surface area contributed by atoms with Gasteiger partial charge in [-0.1, -0.05) is 5.21 Å². The van der Waals surface area contributed by atoms with E-state index in [9.17, 15) is 0 Å². The Kier molecular flexibility index (Phi) is 4.39. The van der Waals surface area contributed by atoms with Crippen LogP contribution < -0.4 is 20.9 Å². The monoisotopic (exact) mass is 382 g/mol. The maximum Gasteiger partial charge on any atom is 0.221 e. The fraction of sp³-hybridized carbons (Fsp3) is 0.235. The normalized spacial score (nSPS) is 11.1. The zero-order chi connectivity index (χ0) is 19.7. The van der Waals surface area contributed by atoms with Crippen molar-refractivity contribution in [3.63, 3.8) is 0 Å². The Balaban J connectivity index is 1.83. The molecule has 0 aliphatic rings. The minimum absolute atomic E-state index is 0.129. The van der Waals surface area contributed by atoms with Gasteiger partial charge in [0.25, 0.3) is 0 Å². The molecule has 0 aliphatic carbocycles. The summed E-state index contributed by atoms with van der Waals surface area (Å²) in [5.41, 5.74) is 13.8. The number of fused-ring (bicyclic) bond motifs is 1. The van der Waals surface area contributed by atoms with Crippen LogP contribution in [0.1, 0.15) is 22.7 Å². The molecular formula is C17H18N8O3. The van der Waals surface area contributed by atoms with Crippen LogP contribution in [0.5, 0.6) is 11.5 Å². The zero-order valence-corrected chi connectivity index (χ0v) is 15.3. The average Bonchev–Trinajstić information content (AvgIpc) is 3.33. The number of nitrogens with zero attached hydrogens (tertiary/aromatic N) is 5. The van der Waals surface area contributed by atoms with Crippen LogP contribution in [-0.4, -0.2) is 44.8 Å². The summed E-state index contributed by atoms with van der Waals surface area (Å²) in [6.45, 7) is 0. The summed E-state index contributed by atoms with van der Waals surface area (Å²) >= 11 is 0. The molecule has 0 bridgehead atoms. The minimum atomic E-state index is 0.129. The van der Waals surface area contributed by atoms with Crippen molar-refractivity contribution in [1.82, 2.24) is 30.6 Å². The van der Waals surface area contributed by atoms with E-state index in [-0.39, 0.29) is 5.95 Å². The van der Waals surface area contributed by atoms with Crippen LogP contribution in [0.15, 0.2) is 22.7 Å². The summed E-state index contributed by atoms with van der Waals surface area (Å²) in [6.07, 6.45) is 2.45. The molecule has 0 saturated carbocycles. The van der Waals surface area contributed by atoms with Gasteiger partial charge in [0, 0.05) is 23.6 Å². The van der Waals surface area contributed by atoms with Crippen molar-refractivity contribution in [2.24, 2.45) is 0 Å². The van der Waals surface area contributed by atoms with Crippen molar-refractivity contribution in [2.75, 3.05) is 25.7 Å². The molecule has 1 aromatic carbocycles. The first-order valence-corrected chi connectivity index (χ1v) is 8.34. The van der Waals surface area contributed by atoms with Crippen LogP contribution in [0.25, 0.3) is 11.0 Å². The molecule has 4 aromatic rings. The Bertz CT molecular complexity index is 1120. The molecule has 144 valence electrons. The van der Waals surface area contributed by atoms with Crippen molar-refractivity contribution in [3.8, 4) is 11.5 Å². The molecule has 28 heavy (non-hydrogen) atoms. The second kappa shape index (κ2) is 7.02. The fourth-order valence-electron chi connectivity index (χ4n) is 3.03. The van der Waals surface area contributed by atoms with Gasteiger partial charge in [-0.15, -0.1) is 10.2 Å². The molecule has 0 unspecified atom stereocenters. The molecule has 0 saturated heterocycles. The number of benzene rings is 1. The van der Waals surface area contributed by atoms with E-state index in [1.165, 1.54) is 0 Å². The number of furan rings is 1. The number of nitrogens with one attached hydrogen (secondary N) is 1. The molecular weight excluding hydrogens is 364 g/mol. The summed E-state index contributed by atoms with van der Waals surface area (Å²) in [5, 5.41) is 14.8. The summed E-state index contributed by atoms with van der Waals surface area (Å²) in [6, 6.07) is 3.79. The molecule has 3 heterocycles. The number of rotatable bonds is 6. The standard InChI is InChI=1S/C17H18N8O3/c1-26-12-4-8(3-9-7-20-17(19)21-16(9)18)11-5-10(6-13-22-24-25-23-13)28-14(11)15(12)27-2/h4-5,7H,3,6H2,1-2H3,(H4,18,19,20,21)(H,22,23,24,25). The first-order chi connectivity index (χ1) is 13.6. The number of H-pyrrole nitrogens is 1. The van der Waals surface area contributed by atoms with Gasteiger partial charge in [-0.05, 0) is 17.7 Å². The Morgan fingerprint density at radius 2 is 1.96 bits per heavy atom. The smallest absolute Gasteiger partial charge is 0.221 e. The van der Waals surface area contributed by atoms with Gasteiger partial charge in [0.05, 0.1) is 20.6 Å². The summed E-state index contributed by atoms with van der Waals surface area (Å²) in [7, 11) is 3.13. The van der Waals surface area contributed by atoms with E-state index in [0.29, 0.717) is 47.3 Å². The molecule has 0 atom stereocenters. The Morgan fingerprint density at radius 1 is 1.11 bits per heavy atom. The maximum absolute atomic E-state index is 6.02. The fourth-order valence-corrected chi connectivity index (χ4v) is 3.03. The van der Waals surface area contributed by atoms with Gasteiger partial charge in [0.15, 0.2) is 17.2 Å². The maximum atomic E-state index is 6.02. The van der Waals surface area contributed by atoms with E-state index in [2.05, 4.69) is 30.6 Å². The highest BCUT2D eigenvalue weighted by Crippen LogP contribution is 2.40. The van der Waals surface area contributed by atoms with E-state index >= 15 is 0 Å². The van der Waals surface area contributed by atoms with Crippen LogP contribution in [0.2, 0.25) is 0 Å². The van der Waals surface area contributed by atoms with Crippen molar-refractivity contribution in [2.45, 2.75) is 12.8 Å².